The van der Waals surface area contributed by atoms with E-state index in [0.29, 0.717) is 31.0 Å². The van der Waals surface area contributed by atoms with E-state index in [9.17, 15) is 14.0 Å². The number of likely N-dealkylation sites (tertiary alicyclic amines) is 1. The van der Waals surface area contributed by atoms with Gasteiger partial charge in [-0.25, -0.2) is 4.39 Å². The molecule has 0 spiro atoms. The maximum atomic E-state index is 14.2. The van der Waals surface area contributed by atoms with Crippen molar-refractivity contribution in [2.45, 2.75) is 32.3 Å². The smallest absolute Gasteiger partial charge is 0.229 e. The Bertz CT molecular complexity index is 646. The highest BCUT2D eigenvalue weighted by atomic mass is 19.1. The molecule has 1 aromatic carbocycles. The molecule has 2 amide bonds. The lowest BCUT2D eigenvalue weighted by Crippen LogP contribution is -2.28. The van der Waals surface area contributed by atoms with Crippen LogP contribution in [0.3, 0.4) is 0 Å². The number of nitrogens with zero attached hydrogens (tertiary/aromatic N) is 1. The molecule has 0 unspecified atom stereocenters. The Morgan fingerprint density at radius 1 is 1.44 bits per heavy atom. The van der Waals surface area contributed by atoms with Crippen molar-refractivity contribution >= 4 is 23.2 Å². The van der Waals surface area contributed by atoms with Crippen molar-refractivity contribution < 1.29 is 18.7 Å². The Morgan fingerprint density at radius 3 is 2.92 bits per heavy atom. The molecule has 2 fully saturated rings. The summed E-state index contributed by atoms with van der Waals surface area (Å²) < 4.78 is 19.7. The van der Waals surface area contributed by atoms with Crippen LogP contribution in [0.1, 0.15) is 26.2 Å². The van der Waals surface area contributed by atoms with E-state index in [0.717, 1.165) is 19.4 Å². The second-order valence-corrected chi connectivity index (χ2v) is 6.53. The molecule has 0 bridgehead atoms. The molecule has 0 aromatic heterocycles. The molecule has 1 aromatic rings. The molecule has 2 aliphatic heterocycles. The van der Waals surface area contributed by atoms with Crippen LogP contribution in [0, 0.1) is 11.7 Å². The van der Waals surface area contributed by atoms with Gasteiger partial charge in [0.2, 0.25) is 11.8 Å². The lowest BCUT2D eigenvalue weighted by atomic mass is 10.1. The van der Waals surface area contributed by atoms with Crippen molar-refractivity contribution in [3.05, 3.63) is 24.0 Å². The first-order valence-electron chi connectivity index (χ1n) is 8.80. The largest absolute Gasteiger partial charge is 0.380 e. The minimum atomic E-state index is -0.423. The Kier molecular flexibility index (Phi) is 5.53. The van der Waals surface area contributed by atoms with E-state index >= 15 is 0 Å². The summed E-state index contributed by atoms with van der Waals surface area (Å²) in [7, 11) is 0. The molecule has 0 radical (unpaired) electrons. The molecule has 2 saturated heterocycles. The van der Waals surface area contributed by atoms with Crippen LogP contribution in [0.5, 0.6) is 0 Å². The van der Waals surface area contributed by atoms with Crippen LogP contribution in [0.2, 0.25) is 0 Å². The van der Waals surface area contributed by atoms with Crippen LogP contribution in [-0.2, 0) is 14.3 Å². The average molecular weight is 349 g/mol. The van der Waals surface area contributed by atoms with Gasteiger partial charge >= 0.3 is 0 Å². The molecule has 0 aliphatic carbocycles. The van der Waals surface area contributed by atoms with E-state index in [-0.39, 0.29) is 30.3 Å². The van der Waals surface area contributed by atoms with Crippen molar-refractivity contribution in [2.24, 2.45) is 5.92 Å². The van der Waals surface area contributed by atoms with Gasteiger partial charge in [0.15, 0.2) is 0 Å². The van der Waals surface area contributed by atoms with E-state index < -0.39 is 5.82 Å². The van der Waals surface area contributed by atoms with E-state index in [4.69, 9.17) is 4.74 Å². The average Bonchev–Trinajstić information content (AvgIpc) is 3.23. The molecule has 25 heavy (non-hydrogen) atoms. The van der Waals surface area contributed by atoms with Crippen molar-refractivity contribution in [1.82, 2.24) is 4.90 Å². The number of halogens is 1. The fourth-order valence-corrected chi connectivity index (χ4v) is 3.26. The number of hydrogen-bond acceptors (Lipinski definition) is 4. The van der Waals surface area contributed by atoms with Gasteiger partial charge in [0.1, 0.15) is 5.82 Å². The molecule has 2 N–H and O–H groups in total. The number of benzene rings is 1. The second kappa shape index (κ2) is 7.82. The Balaban J connectivity index is 1.55. The zero-order valence-corrected chi connectivity index (χ0v) is 14.4. The lowest BCUT2D eigenvalue weighted by molar-refractivity contribution is -0.128. The van der Waals surface area contributed by atoms with Crippen LogP contribution in [-0.4, -0.2) is 49.1 Å². The number of nitrogens with one attached hydrogen (secondary N) is 2. The lowest BCUT2D eigenvalue weighted by Gasteiger charge is -2.15. The first-order chi connectivity index (χ1) is 12.1. The maximum absolute atomic E-state index is 14.2. The zero-order valence-electron chi connectivity index (χ0n) is 14.4. The van der Waals surface area contributed by atoms with Gasteiger partial charge in [-0.05, 0) is 38.0 Å². The quantitative estimate of drug-likeness (QED) is 0.826. The van der Waals surface area contributed by atoms with Crippen molar-refractivity contribution in [3.63, 3.8) is 0 Å². The van der Waals surface area contributed by atoms with Crippen molar-refractivity contribution in [3.8, 4) is 0 Å². The summed E-state index contributed by atoms with van der Waals surface area (Å²) in [5.41, 5.74) is 0.786. The third-order valence-electron chi connectivity index (χ3n) is 4.75. The topological polar surface area (TPSA) is 70.7 Å². The Morgan fingerprint density at radius 2 is 2.28 bits per heavy atom. The summed E-state index contributed by atoms with van der Waals surface area (Å²) in [6, 6.07) is 4.56. The number of carbonyl (C=O) groups is 2. The van der Waals surface area contributed by atoms with Crippen LogP contribution in [0.4, 0.5) is 15.8 Å². The number of carbonyl (C=O) groups excluding carboxylic acids is 2. The SMILES string of the molecule is CCN1C[C@@H](C(=O)Nc2ccc(NC[C@@H]3CCCO3)c(F)c2)CC1=O. The van der Waals surface area contributed by atoms with E-state index in [1.807, 2.05) is 6.92 Å². The third-order valence-corrected chi connectivity index (χ3v) is 4.75. The van der Waals surface area contributed by atoms with Gasteiger partial charge in [0, 0.05) is 38.3 Å². The summed E-state index contributed by atoms with van der Waals surface area (Å²) in [6.07, 6.45) is 2.36. The molecule has 6 nitrogen and oxygen atoms in total. The molecule has 2 heterocycles. The number of anilines is 2. The first kappa shape index (κ1) is 17.7. The fraction of sp³-hybridized carbons (Fsp3) is 0.556. The Hall–Kier alpha value is -2.15. The normalized spacial score (nSPS) is 23.1. The fourth-order valence-electron chi connectivity index (χ4n) is 3.26. The van der Waals surface area contributed by atoms with Gasteiger partial charge in [-0.2, -0.15) is 0 Å². The van der Waals surface area contributed by atoms with Crippen LogP contribution in [0.25, 0.3) is 0 Å². The minimum absolute atomic E-state index is 0.0116. The number of ether oxygens (including phenoxy) is 1. The van der Waals surface area contributed by atoms with E-state index in [2.05, 4.69) is 10.6 Å². The second-order valence-electron chi connectivity index (χ2n) is 6.53. The van der Waals surface area contributed by atoms with Crippen molar-refractivity contribution in [2.75, 3.05) is 36.9 Å². The summed E-state index contributed by atoms with van der Waals surface area (Å²) in [5, 5.41) is 5.75. The minimum Gasteiger partial charge on any atom is -0.380 e. The van der Waals surface area contributed by atoms with Gasteiger partial charge in [-0.1, -0.05) is 0 Å². The highest BCUT2D eigenvalue weighted by Gasteiger charge is 2.33. The maximum Gasteiger partial charge on any atom is 0.229 e. The monoisotopic (exact) mass is 349 g/mol. The molecule has 136 valence electrons. The predicted molar refractivity (Wildman–Crippen MR) is 92.9 cm³/mol. The summed E-state index contributed by atoms with van der Waals surface area (Å²) in [5.74, 6) is -1.06. The van der Waals surface area contributed by atoms with Crippen LogP contribution < -0.4 is 10.6 Å². The van der Waals surface area contributed by atoms with Crippen molar-refractivity contribution in [1.29, 1.82) is 0 Å². The van der Waals surface area contributed by atoms with Crippen LogP contribution >= 0.6 is 0 Å². The molecule has 0 saturated carbocycles. The molecular weight excluding hydrogens is 325 g/mol. The molecule has 2 atom stereocenters. The van der Waals surface area contributed by atoms with Gasteiger partial charge in [-0.15, -0.1) is 0 Å². The number of rotatable bonds is 6. The predicted octanol–water partition coefficient (Wildman–Crippen LogP) is 2.22. The molecule has 3 rings (SSSR count). The summed E-state index contributed by atoms with van der Waals surface area (Å²) in [6.45, 7) is 4.24. The van der Waals surface area contributed by atoms with Gasteiger partial charge in [-0.3, -0.25) is 9.59 Å². The summed E-state index contributed by atoms with van der Waals surface area (Å²) >= 11 is 0. The summed E-state index contributed by atoms with van der Waals surface area (Å²) in [4.78, 5) is 25.6. The number of hydrogen-bond donors (Lipinski definition) is 2. The van der Waals surface area contributed by atoms with Crippen LogP contribution in [0.15, 0.2) is 18.2 Å². The standard InChI is InChI=1S/C18H24FN3O3/c1-2-22-11-12(8-17(22)23)18(24)21-13-5-6-16(15(19)9-13)20-10-14-4-3-7-25-14/h5-6,9,12,14,20H,2-4,7-8,10-11H2,1H3,(H,21,24)/t12-,14-/m0/s1. The molecular formula is C18H24FN3O3. The highest BCUT2D eigenvalue weighted by Crippen LogP contribution is 2.23. The molecule has 7 heteroatoms. The third kappa shape index (κ3) is 4.28. The number of amides is 2. The van der Waals surface area contributed by atoms with E-state index in [1.165, 1.54) is 6.07 Å². The highest BCUT2D eigenvalue weighted by molar-refractivity contribution is 5.97. The molecule has 2 aliphatic rings. The van der Waals surface area contributed by atoms with Gasteiger partial charge in [0.05, 0.1) is 17.7 Å². The van der Waals surface area contributed by atoms with Gasteiger partial charge in [0.25, 0.3) is 0 Å². The zero-order chi connectivity index (χ0) is 17.8. The van der Waals surface area contributed by atoms with Gasteiger partial charge < -0.3 is 20.3 Å². The first-order valence-corrected chi connectivity index (χ1v) is 8.80. The van der Waals surface area contributed by atoms with E-state index in [1.54, 1.807) is 17.0 Å². The Labute approximate surface area is 146 Å².